The van der Waals surface area contributed by atoms with E-state index in [4.69, 9.17) is 0 Å². The van der Waals surface area contributed by atoms with Crippen molar-refractivity contribution in [2.75, 3.05) is 6.54 Å². The molecular weight excluding hydrogens is 258 g/mol. The van der Waals surface area contributed by atoms with Crippen LogP contribution in [0.4, 0.5) is 0 Å². The zero-order chi connectivity index (χ0) is 15.3. The summed E-state index contributed by atoms with van der Waals surface area (Å²) in [5.41, 5.74) is 0. The highest BCUT2D eigenvalue weighted by molar-refractivity contribution is 5.80. The van der Waals surface area contributed by atoms with Crippen LogP contribution in [0.25, 0.3) is 0 Å². The molecule has 1 unspecified atom stereocenters. The second kappa shape index (κ2) is 11.8. The van der Waals surface area contributed by atoms with Gasteiger partial charge in [-0.1, -0.05) is 77.7 Å². The molecule has 0 saturated carbocycles. The van der Waals surface area contributed by atoms with Gasteiger partial charge in [0.1, 0.15) is 0 Å². The number of hydrogen-bond acceptors (Lipinski definition) is 1. The Bertz CT molecular complexity index is 287. The van der Waals surface area contributed by atoms with Gasteiger partial charge in [0.2, 0.25) is 5.91 Å². The molecule has 0 N–H and O–H groups in total. The monoisotopic (exact) mass is 293 g/mol. The van der Waals surface area contributed by atoms with E-state index in [0.29, 0.717) is 5.91 Å². The largest absolute Gasteiger partial charge is 0.319 e. The molecule has 1 rings (SSSR count). The number of likely N-dealkylation sites (tertiary alicyclic amines) is 1. The Balaban J connectivity index is 1.94. The third kappa shape index (κ3) is 7.68. The number of amides is 1. The zero-order valence-corrected chi connectivity index (χ0v) is 14.1. The molecule has 0 spiro atoms. The van der Waals surface area contributed by atoms with Crippen molar-refractivity contribution in [2.24, 2.45) is 5.92 Å². The minimum atomic E-state index is 0.269. The highest BCUT2D eigenvalue weighted by Crippen LogP contribution is 2.24. The fourth-order valence-electron chi connectivity index (χ4n) is 3.30. The van der Waals surface area contributed by atoms with Gasteiger partial charge < -0.3 is 4.90 Å². The number of piperidine rings is 1. The second-order valence-electron chi connectivity index (χ2n) is 6.52. The van der Waals surface area contributed by atoms with E-state index >= 15 is 0 Å². The third-order valence-electron chi connectivity index (χ3n) is 4.71. The summed E-state index contributed by atoms with van der Waals surface area (Å²) in [5.74, 6) is 0.581. The molecule has 0 aromatic rings. The van der Waals surface area contributed by atoms with Crippen LogP contribution in [0.1, 0.15) is 90.4 Å². The lowest BCUT2D eigenvalue weighted by atomic mass is 9.91. The summed E-state index contributed by atoms with van der Waals surface area (Å²) in [4.78, 5) is 13.9. The maximum absolute atomic E-state index is 12.1. The molecule has 1 aliphatic heterocycles. The molecule has 1 amide bonds. The predicted molar refractivity (Wildman–Crippen MR) is 91.1 cm³/mol. The van der Waals surface area contributed by atoms with Crippen molar-refractivity contribution in [2.45, 2.75) is 90.4 Å². The number of carbonyl (C=O) groups is 1. The van der Waals surface area contributed by atoms with Gasteiger partial charge in [-0.2, -0.15) is 0 Å². The fraction of sp³-hybridized carbons (Fsp3) is 0.842. The van der Waals surface area contributed by atoms with Crippen LogP contribution in [0, 0.1) is 5.92 Å². The van der Waals surface area contributed by atoms with Crippen molar-refractivity contribution < 1.29 is 4.79 Å². The molecule has 1 aliphatic rings. The molecule has 2 nitrogen and oxygen atoms in total. The molecule has 1 heterocycles. The van der Waals surface area contributed by atoms with E-state index in [1.165, 1.54) is 64.2 Å². The third-order valence-corrected chi connectivity index (χ3v) is 4.71. The van der Waals surface area contributed by atoms with E-state index in [2.05, 4.69) is 13.5 Å². The van der Waals surface area contributed by atoms with Crippen LogP contribution in [-0.2, 0) is 4.79 Å². The molecule has 0 aliphatic carbocycles. The molecule has 2 heteroatoms. The van der Waals surface area contributed by atoms with Crippen LogP contribution in [0.3, 0.4) is 0 Å². The summed E-state index contributed by atoms with van der Waals surface area (Å²) in [6.07, 6.45) is 18.6. The Morgan fingerprint density at radius 3 is 2.19 bits per heavy atom. The van der Waals surface area contributed by atoms with Crippen molar-refractivity contribution >= 4 is 5.91 Å². The standard InChI is InChI=1S/C19H35NO/c1-3-5-6-7-8-9-10-11-12-13-15-18-16-14-17-20(4-2)19(18)21/h4,18H,2-3,5-17H2,1H3. The van der Waals surface area contributed by atoms with Gasteiger partial charge in [-0.3, -0.25) is 4.79 Å². The van der Waals surface area contributed by atoms with E-state index in [-0.39, 0.29) is 5.92 Å². The predicted octanol–water partition coefficient (Wildman–Crippen LogP) is 5.68. The lowest BCUT2D eigenvalue weighted by Gasteiger charge is -2.29. The van der Waals surface area contributed by atoms with Crippen LogP contribution in [0.15, 0.2) is 12.8 Å². The minimum absolute atomic E-state index is 0.269. The van der Waals surface area contributed by atoms with Gasteiger partial charge in [0, 0.05) is 12.5 Å². The lowest BCUT2D eigenvalue weighted by Crippen LogP contribution is -2.37. The van der Waals surface area contributed by atoms with E-state index in [1.54, 1.807) is 6.20 Å². The van der Waals surface area contributed by atoms with Gasteiger partial charge in [-0.25, -0.2) is 0 Å². The first-order valence-corrected chi connectivity index (χ1v) is 9.22. The summed E-state index contributed by atoms with van der Waals surface area (Å²) in [5, 5.41) is 0. The Labute approximate surface area is 132 Å². The number of rotatable bonds is 12. The van der Waals surface area contributed by atoms with Gasteiger partial charge in [-0.05, 0) is 25.5 Å². The highest BCUT2D eigenvalue weighted by Gasteiger charge is 2.26. The molecule has 0 radical (unpaired) electrons. The molecule has 1 fully saturated rings. The number of nitrogens with zero attached hydrogens (tertiary/aromatic N) is 1. The van der Waals surface area contributed by atoms with Gasteiger partial charge in [0.05, 0.1) is 0 Å². The average Bonchev–Trinajstić information content (AvgIpc) is 2.50. The summed E-state index contributed by atoms with van der Waals surface area (Å²) in [6.45, 7) is 6.87. The molecule has 21 heavy (non-hydrogen) atoms. The first-order valence-electron chi connectivity index (χ1n) is 9.22. The van der Waals surface area contributed by atoms with Crippen molar-refractivity contribution in [3.8, 4) is 0 Å². The second-order valence-corrected chi connectivity index (χ2v) is 6.52. The first kappa shape index (κ1) is 18.3. The van der Waals surface area contributed by atoms with Crippen molar-refractivity contribution in [1.29, 1.82) is 0 Å². The summed E-state index contributed by atoms with van der Waals surface area (Å²) in [7, 11) is 0. The zero-order valence-electron chi connectivity index (χ0n) is 14.1. The van der Waals surface area contributed by atoms with Gasteiger partial charge in [0.15, 0.2) is 0 Å². The molecule has 122 valence electrons. The van der Waals surface area contributed by atoms with Gasteiger partial charge >= 0.3 is 0 Å². The fourth-order valence-corrected chi connectivity index (χ4v) is 3.30. The number of carbonyl (C=O) groups excluding carboxylic acids is 1. The van der Waals surface area contributed by atoms with E-state index in [9.17, 15) is 4.79 Å². The van der Waals surface area contributed by atoms with Crippen LogP contribution in [0.2, 0.25) is 0 Å². The molecule has 0 aromatic carbocycles. The smallest absolute Gasteiger partial charge is 0.229 e. The number of unbranched alkanes of at least 4 members (excludes halogenated alkanes) is 9. The molecule has 0 aromatic heterocycles. The van der Waals surface area contributed by atoms with Gasteiger partial charge in [-0.15, -0.1) is 0 Å². The summed E-state index contributed by atoms with van der Waals surface area (Å²) < 4.78 is 0. The molecule has 1 atom stereocenters. The Morgan fingerprint density at radius 1 is 1.05 bits per heavy atom. The number of hydrogen-bond donors (Lipinski definition) is 0. The normalized spacial score (nSPS) is 19.0. The summed E-state index contributed by atoms with van der Waals surface area (Å²) in [6, 6.07) is 0. The minimum Gasteiger partial charge on any atom is -0.319 e. The molecule has 1 saturated heterocycles. The maximum atomic E-state index is 12.1. The van der Waals surface area contributed by atoms with Crippen molar-refractivity contribution in [3.63, 3.8) is 0 Å². The van der Waals surface area contributed by atoms with Crippen molar-refractivity contribution in [3.05, 3.63) is 12.8 Å². The van der Waals surface area contributed by atoms with Crippen molar-refractivity contribution in [1.82, 2.24) is 4.90 Å². The van der Waals surface area contributed by atoms with Crippen LogP contribution >= 0.6 is 0 Å². The van der Waals surface area contributed by atoms with Crippen LogP contribution in [0.5, 0.6) is 0 Å². The first-order chi connectivity index (χ1) is 10.3. The highest BCUT2D eigenvalue weighted by atomic mass is 16.2. The SMILES string of the molecule is C=CN1CCCC(CCCCCCCCCCCC)C1=O. The quantitative estimate of drug-likeness (QED) is 0.424. The molecule has 0 bridgehead atoms. The van der Waals surface area contributed by atoms with Gasteiger partial charge in [0.25, 0.3) is 0 Å². The average molecular weight is 293 g/mol. The topological polar surface area (TPSA) is 20.3 Å². The Hall–Kier alpha value is -0.790. The van der Waals surface area contributed by atoms with E-state index in [0.717, 1.165) is 25.8 Å². The Kier molecular flexibility index (Phi) is 10.3. The Morgan fingerprint density at radius 2 is 1.62 bits per heavy atom. The van der Waals surface area contributed by atoms with E-state index < -0.39 is 0 Å². The van der Waals surface area contributed by atoms with Crippen LogP contribution < -0.4 is 0 Å². The molecular formula is C19H35NO. The maximum Gasteiger partial charge on any atom is 0.229 e. The van der Waals surface area contributed by atoms with E-state index in [1.807, 2.05) is 4.90 Å². The van der Waals surface area contributed by atoms with Crippen LogP contribution in [-0.4, -0.2) is 17.4 Å². The summed E-state index contributed by atoms with van der Waals surface area (Å²) >= 11 is 0. The lowest BCUT2D eigenvalue weighted by molar-refractivity contribution is -0.135.